The third kappa shape index (κ3) is 4.19. The summed E-state index contributed by atoms with van der Waals surface area (Å²) in [4.78, 5) is 12.5. The lowest BCUT2D eigenvalue weighted by Gasteiger charge is -2.31. The van der Waals surface area contributed by atoms with Gasteiger partial charge in [-0.15, -0.1) is 0 Å². The Bertz CT molecular complexity index is 772. The zero-order valence-corrected chi connectivity index (χ0v) is 15.6. The van der Waals surface area contributed by atoms with Crippen LogP contribution in [0.2, 0.25) is 0 Å². The fraction of sp³-hybridized carbons (Fsp3) is 0.350. The van der Waals surface area contributed by atoms with E-state index in [0.29, 0.717) is 35.3 Å². The molecule has 0 radical (unpaired) electrons. The first-order valence-corrected chi connectivity index (χ1v) is 8.68. The number of carbonyl (C=O) groups is 1. The maximum atomic E-state index is 12.5. The number of methoxy groups -OCH3 is 2. The summed E-state index contributed by atoms with van der Waals surface area (Å²) in [5.41, 5.74) is 0. The largest absolute Gasteiger partial charge is 0.493 e. The van der Waals surface area contributed by atoms with Gasteiger partial charge in [0.1, 0.15) is 12.7 Å². The third-order valence-electron chi connectivity index (χ3n) is 4.13. The maximum Gasteiger partial charge on any atom is 0.265 e. The van der Waals surface area contributed by atoms with E-state index in [-0.39, 0.29) is 12.5 Å². The lowest BCUT2D eigenvalue weighted by molar-refractivity contribution is -0.133. The predicted octanol–water partition coefficient (Wildman–Crippen LogP) is 2.43. The second kappa shape index (κ2) is 8.53. The standard InChI is InChI=1S/C20H23NO6/c1-13-18(27-15-8-5-4-7-14(15)26-13)20(22)21-11-12-25-19-16(23-2)9-6-10-17(19)24-3/h4-10,13,18H,11-12H2,1-3H3,(H,21,22)/t13-,18+/m1/s1. The quantitative estimate of drug-likeness (QED) is 0.752. The van der Waals surface area contributed by atoms with E-state index in [2.05, 4.69) is 5.32 Å². The molecule has 0 saturated heterocycles. The molecule has 144 valence electrons. The van der Waals surface area contributed by atoms with E-state index in [4.69, 9.17) is 23.7 Å². The van der Waals surface area contributed by atoms with Crippen LogP contribution in [0.1, 0.15) is 6.92 Å². The molecule has 0 fully saturated rings. The molecule has 1 heterocycles. The molecule has 1 aliphatic heterocycles. The molecule has 0 aliphatic carbocycles. The Morgan fingerprint density at radius 2 is 1.63 bits per heavy atom. The van der Waals surface area contributed by atoms with Crippen molar-refractivity contribution in [2.45, 2.75) is 19.1 Å². The summed E-state index contributed by atoms with van der Waals surface area (Å²) in [6.07, 6.45) is -1.11. The number of para-hydroxylation sites is 3. The monoisotopic (exact) mass is 373 g/mol. The summed E-state index contributed by atoms with van der Waals surface area (Å²) in [6, 6.07) is 12.7. The van der Waals surface area contributed by atoms with Crippen molar-refractivity contribution in [1.82, 2.24) is 5.32 Å². The molecule has 0 saturated carbocycles. The summed E-state index contributed by atoms with van der Waals surface area (Å²) in [6.45, 7) is 2.35. The summed E-state index contributed by atoms with van der Waals surface area (Å²) < 4.78 is 27.8. The van der Waals surface area contributed by atoms with Gasteiger partial charge < -0.3 is 29.0 Å². The van der Waals surface area contributed by atoms with Gasteiger partial charge in [-0.05, 0) is 31.2 Å². The van der Waals surface area contributed by atoms with Crippen molar-refractivity contribution in [2.24, 2.45) is 0 Å². The van der Waals surface area contributed by atoms with Gasteiger partial charge >= 0.3 is 0 Å². The lowest BCUT2D eigenvalue weighted by Crippen LogP contribution is -2.49. The van der Waals surface area contributed by atoms with Gasteiger partial charge in [0.25, 0.3) is 5.91 Å². The molecule has 7 nitrogen and oxygen atoms in total. The molecular weight excluding hydrogens is 350 g/mol. The van der Waals surface area contributed by atoms with Gasteiger partial charge in [0.2, 0.25) is 11.9 Å². The highest BCUT2D eigenvalue weighted by Crippen LogP contribution is 2.36. The molecule has 0 aromatic heterocycles. The van der Waals surface area contributed by atoms with Crippen molar-refractivity contribution in [2.75, 3.05) is 27.4 Å². The van der Waals surface area contributed by atoms with Crippen molar-refractivity contribution >= 4 is 5.91 Å². The molecule has 27 heavy (non-hydrogen) atoms. The van der Waals surface area contributed by atoms with Crippen LogP contribution in [0.3, 0.4) is 0 Å². The van der Waals surface area contributed by atoms with Crippen LogP contribution in [0, 0.1) is 0 Å². The van der Waals surface area contributed by atoms with Crippen molar-refractivity contribution in [3.05, 3.63) is 42.5 Å². The SMILES string of the molecule is COc1cccc(OC)c1OCCNC(=O)[C@H]1Oc2ccccc2O[C@@H]1C. The molecule has 0 spiro atoms. The number of benzene rings is 2. The van der Waals surface area contributed by atoms with E-state index in [0.717, 1.165) is 0 Å². The Hall–Kier alpha value is -3.09. The van der Waals surface area contributed by atoms with Crippen molar-refractivity contribution < 1.29 is 28.5 Å². The number of carbonyl (C=O) groups excluding carboxylic acids is 1. The van der Waals surface area contributed by atoms with E-state index in [1.165, 1.54) is 0 Å². The van der Waals surface area contributed by atoms with Gasteiger partial charge in [-0.3, -0.25) is 4.79 Å². The minimum atomic E-state index is -0.722. The smallest absolute Gasteiger partial charge is 0.265 e. The molecule has 0 unspecified atom stereocenters. The highest BCUT2D eigenvalue weighted by molar-refractivity contribution is 5.82. The molecule has 0 bridgehead atoms. The second-order valence-corrected chi connectivity index (χ2v) is 5.94. The van der Waals surface area contributed by atoms with E-state index in [1.807, 2.05) is 24.3 Å². The van der Waals surface area contributed by atoms with Gasteiger partial charge in [-0.1, -0.05) is 18.2 Å². The fourth-order valence-electron chi connectivity index (χ4n) is 2.79. The number of amides is 1. The number of fused-ring (bicyclic) bond motifs is 1. The Morgan fingerprint density at radius 3 is 2.26 bits per heavy atom. The van der Waals surface area contributed by atoms with Crippen LogP contribution < -0.4 is 29.0 Å². The number of hydrogen-bond donors (Lipinski definition) is 1. The van der Waals surface area contributed by atoms with Gasteiger partial charge in [-0.25, -0.2) is 0 Å². The van der Waals surface area contributed by atoms with Crippen molar-refractivity contribution in [1.29, 1.82) is 0 Å². The Morgan fingerprint density at radius 1 is 1.00 bits per heavy atom. The minimum Gasteiger partial charge on any atom is -0.493 e. The maximum absolute atomic E-state index is 12.5. The van der Waals surface area contributed by atoms with E-state index < -0.39 is 12.2 Å². The van der Waals surface area contributed by atoms with Crippen LogP contribution in [0.4, 0.5) is 0 Å². The van der Waals surface area contributed by atoms with Crippen LogP contribution in [0.15, 0.2) is 42.5 Å². The number of ether oxygens (including phenoxy) is 5. The van der Waals surface area contributed by atoms with Gasteiger partial charge in [0.05, 0.1) is 20.8 Å². The Labute approximate surface area is 158 Å². The first-order chi connectivity index (χ1) is 13.1. The highest BCUT2D eigenvalue weighted by Gasteiger charge is 2.33. The third-order valence-corrected chi connectivity index (χ3v) is 4.13. The van der Waals surface area contributed by atoms with Crippen LogP contribution in [0.25, 0.3) is 0 Å². The molecule has 2 aromatic rings. The topological polar surface area (TPSA) is 75.2 Å². The Kier molecular flexibility index (Phi) is 5.90. The fourth-order valence-corrected chi connectivity index (χ4v) is 2.79. The highest BCUT2D eigenvalue weighted by atomic mass is 16.6. The lowest BCUT2D eigenvalue weighted by atomic mass is 10.1. The van der Waals surface area contributed by atoms with E-state index >= 15 is 0 Å². The molecule has 7 heteroatoms. The number of nitrogens with one attached hydrogen (secondary N) is 1. The zero-order valence-electron chi connectivity index (χ0n) is 15.6. The van der Waals surface area contributed by atoms with Crippen LogP contribution >= 0.6 is 0 Å². The van der Waals surface area contributed by atoms with Crippen molar-refractivity contribution in [3.8, 4) is 28.7 Å². The molecule has 3 rings (SSSR count). The van der Waals surface area contributed by atoms with Crippen LogP contribution in [-0.4, -0.2) is 45.5 Å². The normalized spacial score (nSPS) is 17.7. The molecule has 2 aromatic carbocycles. The van der Waals surface area contributed by atoms with E-state index in [9.17, 15) is 4.79 Å². The van der Waals surface area contributed by atoms with Crippen molar-refractivity contribution in [3.63, 3.8) is 0 Å². The van der Waals surface area contributed by atoms with Gasteiger partial charge in [0, 0.05) is 0 Å². The molecule has 1 aliphatic rings. The number of hydrogen-bond acceptors (Lipinski definition) is 6. The average molecular weight is 373 g/mol. The summed E-state index contributed by atoms with van der Waals surface area (Å²) in [5.74, 6) is 2.57. The number of rotatable bonds is 7. The molecule has 1 N–H and O–H groups in total. The molecular formula is C20H23NO6. The van der Waals surface area contributed by atoms with Gasteiger partial charge in [-0.2, -0.15) is 0 Å². The Balaban J connectivity index is 1.54. The summed E-state index contributed by atoms with van der Waals surface area (Å²) in [7, 11) is 3.12. The average Bonchev–Trinajstić information content (AvgIpc) is 2.70. The van der Waals surface area contributed by atoms with Crippen LogP contribution in [-0.2, 0) is 4.79 Å². The summed E-state index contributed by atoms with van der Waals surface area (Å²) in [5, 5.41) is 2.81. The van der Waals surface area contributed by atoms with Gasteiger partial charge in [0.15, 0.2) is 23.0 Å². The first kappa shape index (κ1) is 18.7. The first-order valence-electron chi connectivity index (χ1n) is 8.68. The summed E-state index contributed by atoms with van der Waals surface area (Å²) >= 11 is 0. The zero-order chi connectivity index (χ0) is 19.2. The van der Waals surface area contributed by atoms with Crippen LogP contribution in [0.5, 0.6) is 28.7 Å². The second-order valence-electron chi connectivity index (χ2n) is 5.94. The van der Waals surface area contributed by atoms with E-state index in [1.54, 1.807) is 39.3 Å². The molecule has 1 amide bonds. The minimum absolute atomic E-state index is 0.251. The molecule has 2 atom stereocenters. The predicted molar refractivity (Wildman–Crippen MR) is 99.0 cm³/mol.